The van der Waals surface area contributed by atoms with Crippen LogP contribution in [0.2, 0.25) is 0 Å². The zero-order valence-corrected chi connectivity index (χ0v) is 7.17. The number of likely N-dealkylation sites (N-methyl/N-ethyl adjacent to an activating group) is 1. The number of hydrogen-bond acceptors (Lipinski definition) is 1. The van der Waals surface area contributed by atoms with E-state index in [9.17, 15) is 0 Å². The van der Waals surface area contributed by atoms with Crippen LogP contribution in [0.4, 0.5) is 0 Å². The number of nitrogens with zero attached hydrogens (tertiary/aromatic N) is 1. The summed E-state index contributed by atoms with van der Waals surface area (Å²) in [4.78, 5) is 2.40. The van der Waals surface area contributed by atoms with Gasteiger partial charge in [0.15, 0.2) is 0 Å². The Morgan fingerprint density at radius 2 is 2.20 bits per heavy atom. The minimum Gasteiger partial charge on any atom is -0.297 e. The summed E-state index contributed by atoms with van der Waals surface area (Å²) in [5, 5.41) is 0. The summed E-state index contributed by atoms with van der Waals surface area (Å²) in [6, 6.07) is 1.36. The van der Waals surface area contributed by atoms with Gasteiger partial charge >= 0.3 is 0 Å². The van der Waals surface area contributed by atoms with Crippen LogP contribution in [-0.4, -0.2) is 24.0 Å². The Balaban J connectivity index is 2.34. The minimum absolute atomic E-state index is 0.537. The SMILES string of the molecule is C=CC(C)N(C)C1CC1C. The third-order valence-corrected chi connectivity index (χ3v) is 2.57. The quantitative estimate of drug-likeness (QED) is 0.540. The second-order valence-electron chi connectivity index (χ2n) is 3.42. The Morgan fingerprint density at radius 1 is 1.70 bits per heavy atom. The molecule has 1 saturated carbocycles. The van der Waals surface area contributed by atoms with E-state index >= 15 is 0 Å². The molecule has 1 nitrogen and oxygen atoms in total. The fourth-order valence-corrected chi connectivity index (χ4v) is 1.34. The molecule has 1 aliphatic carbocycles. The normalized spacial score (nSPS) is 34.0. The molecule has 0 N–H and O–H groups in total. The summed E-state index contributed by atoms with van der Waals surface area (Å²) in [6.45, 7) is 8.27. The summed E-state index contributed by atoms with van der Waals surface area (Å²) in [5.74, 6) is 0.910. The predicted octanol–water partition coefficient (Wildman–Crippen LogP) is 1.90. The standard InChI is InChI=1S/C9H17N/c1-5-8(3)10(4)9-6-7(9)2/h5,7-9H,1,6H2,2-4H3. The molecule has 1 rings (SSSR count). The molecule has 0 amide bonds. The van der Waals surface area contributed by atoms with E-state index in [0.717, 1.165) is 12.0 Å². The van der Waals surface area contributed by atoms with Gasteiger partial charge in [0.05, 0.1) is 0 Å². The van der Waals surface area contributed by atoms with Crippen LogP contribution >= 0.6 is 0 Å². The summed E-state index contributed by atoms with van der Waals surface area (Å²) < 4.78 is 0. The first kappa shape index (κ1) is 7.80. The summed E-state index contributed by atoms with van der Waals surface area (Å²) in [7, 11) is 2.18. The van der Waals surface area contributed by atoms with Gasteiger partial charge in [0.25, 0.3) is 0 Å². The average molecular weight is 139 g/mol. The Hall–Kier alpha value is -0.300. The maximum absolute atomic E-state index is 3.78. The first-order valence-corrected chi connectivity index (χ1v) is 4.01. The molecular weight excluding hydrogens is 122 g/mol. The molecule has 1 fully saturated rings. The first-order chi connectivity index (χ1) is 4.66. The molecule has 0 aromatic rings. The van der Waals surface area contributed by atoms with Gasteiger partial charge in [-0.3, -0.25) is 4.90 Å². The van der Waals surface area contributed by atoms with Crippen LogP contribution < -0.4 is 0 Å². The van der Waals surface area contributed by atoms with E-state index in [2.05, 4.69) is 32.4 Å². The summed E-state index contributed by atoms with van der Waals surface area (Å²) in [6.07, 6.45) is 3.37. The Labute approximate surface area is 63.7 Å². The zero-order valence-electron chi connectivity index (χ0n) is 7.17. The van der Waals surface area contributed by atoms with Crippen molar-refractivity contribution in [2.24, 2.45) is 5.92 Å². The van der Waals surface area contributed by atoms with Crippen LogP contribution in [0.25, 0.3) is 0 Å². The highest BCUT2D eigenvalue weighted by Crippen LogP contribution is 2.34. The Kier molecular flexibility index (Phi) is 2.14. The minimum atomic E-state index is 0.537. The van der Waals surface area contributed by atoms with Gasteiger partial charge in [-0.25, -0.2) is 0 Å². The second kappa shape index (κ2) is 2.75. The van der Waals surface area contributed by atoms with Crippen LogP contribution in [-0.2, 0) is 0 Å². The summed E-state index contributed by atoms with van der Waals surface area (Å²) >= 11 is 0. The molecule has 0 aliphatic heterocycles. The van der Waals surface area contributed by atoms with E-state index in [1.54, 1.807) is 0 Å². The average Bonchev–Trinajstić information content (AvgIpc) is 2.63. The van der Waals surface area contributed by atoms with Crippen molar-refractivity contribution < 1.29 is 0 Å². The monoisotopic (exact) mass is 139 g/mol. The molecule has 1 heteroatoms. The lowest BCUT2D eigenvalue weighted by atomic mass is 10.3. The Morgan fingerprint density at radius 3 is 2.50 bits per heavy atom. The fourth-order valence-electron chi connectivity index (χ4n) is 1.34. The van der Waals surface area contributed by atoms with Gasteiger partial charge in [-0.05, 0) is 26.3 Å². The van der Waals surface area contributed by atoms with Crippen molar-refractivity contribution in [1.82, 2.24) is 4.90 Å². The molecule has 0 heterocycles. The fraction of sp³-hybridized carbons (Fsp3) is 0.778. The van der Waals surface area contributed by atoms with Crippen molar-refractivity contribution in [3.05, 3.63) is 12.7 Å². The Bertz CT molecular complexity index is 131. The molecule has 58 valence electrons. The van der Waals surface area contributed by atoms with Gasteiger partial charge in [-0.1, -0.05) is 13.0 Å². The number of rotatable bonds is 3. The van der Waals surface area contributed by atoms with Crippen molar-refractivity contribution in [2.75, 3.05) is 7.05 Å². The molecule has 0 radical (unpaired) electrons. The predicted molar refractivity (Wildman–Crippen MR) is 45.0 cm³/mol. The van der Waals surface area contributed by atoms with Crippen molar-refractivity contribution in [3.63, 3.8) is 0 Å². The molecular formula is C9H17N. The summed E-state index contributed by atoms with van der Waals surface area (Å²) in [5.41, 5.74) is 0. The van der Waals surface area contributed by atoms with Crippen molar-refractivity contribution in [3.8, 4) is 0 Å². The van der Waals surface area contributed by atoms with Gasteiger partial charge < -0.3 is 0 Å². The van der Waals surface area contributed by atoms with E-state index in [-0.39, 0.29) is 0 Å². The van der Waals surface area contributed by atoms with Gasteiger partial charge in [0.1, 0.15) is 0 Å². The first-order valence-electron chi connectivity index (χ1n) is 4.01. The molecule has 0 aromatic carbocycles. The van der Waals surface area contributed by atoms with Gasteiger partial charge in [0, 0.05) is 12.1 Å². The van der Waals surface area contributed by atoms with E-state index in [1.807, 2.05) is 6.08 Å². The smallest absolute Gasteiger partial charge is 0.0247 e. The van der Waals surface area contributed by atoms with Crippen LogP contribution in [0.15, 0.2) is 12.7 Å². The highest BCUT2D eigenvalue weighted by molar-refractivity contribution is 4.96. The lowest BCUT2D eigenvalue weighted by Gasteiger charge is -2.21. The topological polar surface area (TPSA) is 3.24 Å². The van der Waals surface area contributed by atoms with E-state index in [4.69, 9.17) is 0 Å². The van der Waals surface area contributed by atoms with Crippen LogP contribution in [0.3, 0.4) is 0 Å². The molecule has 3 unspecified atom stereocenters. The van der Waals surface area contributed by atoms with E-state index in [1.165, 1.54) is 6.42 Å². The highest BCUT2D eigenvalue weighted by atomic mass is 15.2. The van der Waals surface area contributed by atoms with Crippen molar-refractivity contribution in [2.45, 2.75) is 32.4 Å². The lowest BCUT2D eigenvalue weighted by Crippen LogP contribution is -2.30. The highest BCUT2D eigenvalue weighted by Gasteiger charge is 2.37. The molecule has 0 bridgehead atoms. The lowest BCUT2D eigenvalue weighted by molar-refractivity contribution is 0.276. The maximum atomic E-state index is 3.78. The molecule has 0 aromatic heterocycles. The molecule has 0 spiro atoms. The van der Waals surface area contributed by atoms with Gasteiger partial charge in [-0.15, -0.1) is 6.58 Å². The zero-order chi connectivity index (χ0) is 7.72. The van der Waals surface area contributed by atoms with Gasteiger partial charge in [-0.2, -0.15) is 0 Å². The molecule has 0 saturated heterocycles. The van der Waals surface area contributed by atoms with Crippen LogP contribution in [0, 0.1) is 5.92 Å². The number of hydrogen-bond donors (Lipinski definition) is 0. The maximum Gasteiger partial charge on any atom is 0.0247 e. The second-order valence-corrected chi connectivity index (χ2v) is 3.42. The largest absolute Gasteiger partial charge is 0.297 e. The third kappa shape index (κ3) is 1.40. The van der Waals surface area contributed by atoms with Crippen LogP contribution in [0.5, 0.6) is 0 Å². The van der Waals surface area contributed by atoms with E-state index < -0.39 is 0 Å². The third-order valence-electron chi connectivity index (χ3n) is 2.57. The molecule has 10 heavy (non-hydrogen) atoms. The van der Waals surface area contributed by atoms with Gasteiger partial charge in [0.2, 0.25) is 0 Å². The van der Waals surface area contributed by atoms with E-state index in [0.29, 0.717) is 6.04 Å². The van der Waals surface area contributed by atoms with Crippen molar-refractivity contribution >= 4 is 0 Å². The van der Waals surface area contributed by atoms with Crippen molar-refractivity contribution in [1.29, 1.82) is 0 Å². The molecule has 1 aliphatic rings. The van der Waals surface area contributed by atoms with Crippen LogP contribution in [0.1, 0.15) is 20.3 Å². The molecule has 3 atom stereocenters.